The van der Waals surface area contributed by atoms with Crippen molar-refractivity contribution in [1.82, 2.24) is 9.21 Å². The Balaban J connectivity index is 2.11. The van der Waals surface area contributed by atoms with Crippen molar-refractivity contribution in [1.29, 1.82) is 0 Å². The summed E-state index contributed by atoms with van der Waals surface area (Å²) in [6, 6.07) is 12.2. The molecule has 2 aromatic carbocycles. The first-order chi connectivity index (χ1) is 13.7. The number of sulfonamides is 1. The molecule has 0 radical (unpaired) electrons. The Kier molecular flexibility index (Phi) is 8.24. The molecule has 0 atom stereocenters. The van der Waals surface area contributed by atoms with E-state index in [1.807, 2.05) is 31.2 Å². The van der Waals surface area contributed by atoms with E-state index in [1.165, 1.54) is 21.3 Å². The van der Waals surface area contributed by atoms with E-state index in [0.29, 0.717) is 36.3 Å². The van der Waals surface area contributed by atoms with Gasteiger partial charge in [0, 0.05) is 24.6 Å². The summed E-state index contributed by atoms with van der Waals surface area (Å²) in [5.74, 6) is 0.464. The number of hydrogen-bond donors (Lipinski definition) is 0. The number of halogens is 1. The Morgan fingerprint density at radius 1 is 1.07 bits per heavy atom. The Bertz CT molecular complexity index is 942. The van der Waals surface area contributed by atoms with Gasteiger partial charge in [0.1, 0.15) is 12.4 Å². The molecule has 0 saturated carbocycles. The Labute approximate surface area is 181 Å². The number of carbonyl (C=O) groups excluding carboxylic acids is 1. The maximum absolute atomic E-state index is 12.9. The summed E-state index contributed by atoms with van der Waals surface area (Å²) in [6.07, 6.45) is 0. The number of carbonyl (C=O) groups is 1. The van der Waals surface area contributed by atoms with Gasteiger partial charge < -0.3 is 9.64 Å². The van der Waals surface area contributed by atoms with Crippen LogP contribution in [-0.4, -0.2) is 56.8 Å². The molecule has 0 spiro atoms. The van der Waals surface area contributed by atoms with Crippen LogP contribution in [0.25, 0.3) is 0 Å². The van der Waals surface area contributed by atoms with Crippen LogP contribution >= 0.6 is 15.9 Å². The minimum atomic E-state index is -3.64. The highest BCUT2D eigenvalue weighted by Crippen LogP contribution is 2.24. The molecule has 0 aromatic heterocycles. The molecular weight excluding hydrogens is 456 g/mol. The van der Waals surface area contributed by atoms with Crippen LogP contribution in [0.15, 0.2) is 51.8 Å². The molecule has 0 bridgehead atoms. The van der Waals surface area contributed by atoms with Crippen molar-refractivity contribution in [2.45, 2.75) is 25.7 Å². The molecule has 1 amide bonds. The molecule has 0 aliphatic heterocycles. The molecule has 6 nitrogen and oxygen atoms in total. The van der Waals surface area contributed by atoms with Gasteiger partial charge in [0.15, 0.2) is 0 Å². The van der Waals surface area contributed by atoms with Gasteiger partial charge >= 0.3 is 0 Å². The van der Waals surface area contributed by atoms with Crippen molar-refractivity contribution in [3.63, 3.8) is 0 Å². The lowest BCUT2D eigenvalue weighted by Crippen LogP contribution is -2.32. The van der Waals surface area contributed by atoms with E-state index in [9.17, 15) is 13.2 Å². The molecule has 29 heavy (non-hydrogen) atoms. The van der Waals surface area contributed by atoms with Crippen LogP contribution in [0.2, 0.25) is 0 Å². The second kappa shape index (κ2) is 10.2. The van der Waals surface area contributed by atoms with Crippen LogP contribution < -0.4 is 4.74 Å². The van der Waals surface area contributed by atoms with Crippen LogP contribution in [0, 0.1) is 6.92 Å². The highest BCUT2D eigenvalue weighted by atomic mass is 79.9. The normalized spacial score (nSPS) is 11.5. The fourth-order valence-corrected chi connectivity index (χ4v) is 4.68. The first kappa shape index (κ1) is 23.4. The monoisotopic (exact) mass is 482 g/mol. The fraction of sp³-hybridized carbons (Fsp3) is 0.381. The minimum absolute atomic E-state index is 0.108. The predicted octanol–water partition coefficient (Wildman–Crippen LogP) is 3.94. The third kappa shape index (κ3) is 5.81. The average molecular weight is 483 g/mol. The second-order valence-corrected chi connectivity index (χ2v) is 9.41. The second-order valence-electron chi connectivity index (χ2n) is 6.62. The summed E-state index contributed by atoms with van der Waals surface area (Å²) >= 11 is 3.36. The molecule has 8 heteroatoms. The van der Waals surface area contributed by atoms with Gasteiger partial charge in [-0.3, -0.25) is 4.79 Å². The maximum atomic E-state index is 12.9. The molecule has 0 heterocycles. The van der Waals surface area contributed by atoms with E-state index in [1.54, 1.807) is 27.0 Å². The fourth-order valence-electron chi connectivity index (χ4n) is 2.78. The van der Waals surface area contributed by atoms with Crippen molar-refractivity contribution in [2.24, 2.45) is 0 Å². The smallest absolute Gasteiger partial charge is 0.254 e. The highest BCUT2D eigenvalue weighted by molar-refractivity contribution is 9.10. The number of aryl methyl sites for hydroxylation is 1. The van der Waals surface area contributed by atoms with Gasteiger partial charge in [0.25, 0.3) is 5.91 Å². The molecule has 0 saturated heterocycles. The Morgan fingerprint density at radius 3 is 2.28 bits per heavy atom. The van der Waals surface area contributed by atoms with Crippen LogP contribution in [0.3, 0.4) is 0 Å². The van der Waals surface area contributed by atoms with Gasteiger partial charge in [-0.15, -0.1) is 0 Å². The highest BCUT2D eigenvalue weighted by Gasteiger charge is 2.24. The quantitative estimate of drug-likeness (QED) is 0.542. The van der Waals surface area contributed by atoms with Crippen molar-refractivity contribution in [3.05, 3.63) is 58.1 Å². The van der Waals surface area contributed by atoms with Crippen LogP contribution in [0.4, 0.5) is 0 Å². The summed E-state index contributed by atoms with van der Waals surface area (Å²) in [6.45, 7) is 7.01. The Morgan fingerprint density at radius 2 is 1.69 bits per heavy atom. The van der Waals surface area contributed by atoms with Crippen molar-refractivity contribution >= 4 is 31.9 Å². The number of rotatable bonds is 9. The van der Waals surface area contributed by atoms with E-state index < -0.39 is 10.0 Å². The summed E-state index contributed by atoms with van der Waals surface area (Å²) < 4.78 is 33.1. The molecule has 0 N–H and O–H groups in total. The molecular formula is C21H27BrN2O4S. The molecule has 0 aliphatic rings. The lowest BCUT2D eigenvalue weighted by molar-refractivity contribution is 0.0772. The van der Waals surface area contributed by atoms with E-state index in [2.05, 4.69) is 15.9 Å². The topological polar surface area (TPSA) is 66.9 Å². The zero-order valence-corrected chi connectivity index (χ0v) is 19.6. The number of benzene rings is 2. The third-order valence-electron chi connectivity index (χ3n) is 4.57. The number of likely N-dealkylation sites (N-methyl/N-ethyl adjacent to an activating group) is 1. The summed E-state index contributed by atoms with van der Waals surface area (Å²) in [5, 5.41) is 0. The van der Waals surface area contributed by atoms with Gasteiger partial charge in [0.2, 0.25) is 10.0 Å². The van der Waals surface area contributed by atoms with Crippen LogP contribution in [0.1, 0.15) is 29.8 Å². The summed E-state index contributed by atoms with van der Waals surface area (Å²) in [7, 11) is -1.97. The standard InChI is InChI=1S/C21H27BrN2O4S/c1-5-24(6-2)29(26,27)18-11-12-20(22)19(15-18)21(25)23(4)13-14-28-17-9-7-16(3)8-10-17/h7-12,15H,5-6,13-14H2,1-4H3. The van der Waals surface area contributed by atoms with Crippen LogP contribution in [-0.2, 0) is 10.0 Å². The van der Waals surface area contributed by atoms with Gasteiger partial charge in [-0.1, -0.05) is 31.5 Å². The van der Waals surface area contributed by atoms with Gasteiger partial charge in [-0.25, -0.2) is 8.42 Å². The lowest BCUT2D eigenvalue weighted by Gasteiger charge is -2.21. The number of hydrogen-bond acceptors (Lipinski definition) is 4. The molecule has 158 valence electrons. The maximum Gasteiger partial charge on any atom is 0.254 e. The van der Waals surface area contributed by atoms with Gasteiger partial charge in [-0.2, -0.15) is 4.31 Å². The Hall–Kier alpha value is -1.90. The first-order valence-corrected chi connectivity index (χ1v) is 11.7. The molecule has 0 unspecified atom stereocenters. The molecule has 2 aromatic rings. The summed E-state index contributed by atoms with van der Waals surface area (Å²) in [4.78, 5) is 14.5. The average Bonchev–Trinajstić information content (AvgIpc) is 2.69. The third-order valence-corrected chi connectivity index (χ3v) is 7.31. The summed E-state index contributed by atoms with van der Waals surface area (Å²) in [5.41, 5.74) is 1.45. The predicted molar refractivity (Wildman–Crippen MR) is 118 cm³/mol. The number of ether oxygens (including phenoxy) is 1. The van der Waals surface area contributed by atoms with Gasteiger partial charge in [0.05, 0.1) is 17.0 Å². The van der Waals surface area contributed by atoms with E-state index >= 15 is 0 Å². The van der Waals surface area contributed by atoms with Crippen molar-refractivity contribution < 1.29 is 17.9 Å². The van der Waals surface area contributed by atoms with Crippen molar-refractivity contribution in [2.75, 3.05) is 33.3 Å². The van der Waals surface area contributed by atoms with E-state index in [4.69, 9.17) is 4.74 Å². The van der Waals surface area contributed by atoms with E-state index in [-0.39, 0.29) is 10.8 Å². The zero-order valence-electron chi connectivity index (χ0n) is 17.2. The number of nitrogens with zero attached hydrogens (tertiary/aromatic N) is 2. The largest absolute Gasteiger partial charge is 0.492 e. The zero-order chi connectivity index (χ0) is 21.6. The lowest BCUT2D eigenvalue weighted by atomic mass is 10.2. The van der Waals surface area contributed by atoms with Crippen molar-refractivity contribution in [3.8, 4) is 5.75 Å². The van der Waals surface area contributed by atoms with Crippen LogP contribution in [0.5, 0.6) is 5.75 Å². The SMILES string of the molecule is CCN(CC)S(=O)(=O)c1ccc(Br)c(C(=O)N(C)CCOc2ccc(C)cc2)c1. The first-order valence-electron chi connectivity index (χ1n) is 9.45. The van der Waals surface area contributed by atoms with Gasteiger partial charge in [-0.05, 0) is 53.2 Å². The molecule has 0 fully saturated rings. The van der Waals surface area contributed by atoms with E-state index in [0.717, 1.165) is 11.3 Å². The molecule has 2 rings (SSSR count). The number of amides is 1. The molecule has 0 aliphatic carbocycles. The minimum Gasteiger partial charge on any atom is -0.492 e.